The number of hydrogen-bond acceptors (Lipinski definition) is 2. The van der Waals surface area contributed by atoms with Crippen molar-refractivity contribution in [2.24, 2.45) is 11.5 Å². The van der Waals surface area contributed by atoms with Crippen molar-refractivity contribution in [3.05, 3.63) is 35.4 Å². The molecule has 0 aliphatic rings. The van der Waals surface area contributed by atoms with E-state index in [1.165, 1.54) is 5.56 Å². The summed E-state index contributed by atoms with van der Waals surface area (Å²) in [4.78, 5) is 10.5. The number of benzene rings is 1. The second kappa shape index (κ2) is 5.90. The summed E-state index contributed by atoms with van der Waals surface area (Å²) >= 11 is 0. The van der Waals surface area contributed by atoms with Crippen LogP contribution in [0, 0.1) is 5.41 Å². The Bertz CT molecular complexity index is 370. The van der Waals surface area contributed by atoms with Crippen LogP contribution in [0.2, 0.25) is 0 Å². The van der Waals surface area contributed by atoms with Crippen LogP contribution in [0.15, 0.2) is 24.3 Å². The Morgan fingerprint density at radius 2 is 1.75 bits per heavy atom. The highest BCUT2D eigenvalue weighted by Crippen LogP contribution is 2.08. The summed E-state index contributed by atoms with van der Waals surface area (Å²) < 4.78 is 0. The van der Waals surface area contributed by atoms with Gasteiger partial charge in [-0.15, -0.1) is 0 Å². The number of rotatable bonds is 6. The first-order chi connectivity index (χ1) is 7.59. The van der Waals surface area contributed by atoms with Gasteiger partial charge < -0.3 is 11.5 Å². The number of nitrogens with one attached hydrogen (secondary N) is 1. The lowest BCUT2D eigenvalue weighted by Gasteiger charge is -2.02. The second-order valence-electron chi connectivity index (χ2n) is 3.78. The average molecular weight is 219 g/mol. The van der Waals surface area contributed by atoms with E-state index in [-0.39, 0.29) is 11.7 Å². The van der Waals surface area contributed by atoms with Gasteiger partial charge in [0.2, 0.25) is 5.91 Å². The van der Waals surface area contributed by atoms with Crippen molar-refractivity contribution in [3.8, 4) is 0 Å². The highest BCUT2D eigenvalue weighted by Gasteiger charge is 1.98. The van der Waals surface area contributed by atoms with Gasteiger partial charge in [0.05, 0.1) is 0 Å². The van der Waals surface area contributed by atoms with Crippen LogP contribution in [-0.4, -0.2) is 11.7 Å². The molecule has 86 valence electrons. The zero-order chi connectivity index (χ0) is 12.0. The van der Waals surface area contributed by atoms with Gasteiger partial charge in [0, 0.05) is 12.0 Å². The molecule has 4 heteroatoms. The van der Waals surface area contributed by atoms with E-state index in [4.69, 9.17) is 16.9 Å². The molecule has 0 spiro atoms. The van der Waals surface area contributed by atoms with Gasteiger partial charge in [-0.2, -0.15) is 0 Å². The molecule has 1 rings (SSSR count). The van der Waals surface area contributed by atoms with Gasteiger partial charge in [0.15, 0.2) is 0 Å². The van der Waals surface area contributed by atoms with Crippen LogP contribution in [0.3, 0.4) is 0 Å². The van der Waals surface area contributed by atoms with Gasteiger partial charge in [0.1, 0.15) is 5.84 Å². The predicted molar refractivity (Wildman–Crippen MR) is 64.2 cm³/mol. The number of nitrogen functional groups attached to an aromatic ring is 1. The van der Waals surface area contributed by atoms with Gasteiger partial charge in [-0.1, -0.05) is 24.3 Å². The molecule has 1 aromatic carbocycles. The molecule has 0 fully saturated rings. The molecule has 0 saturated heterocycles. The van der Waals surface area contributed by atoms with Crippen LogP contribution in [0.5, 0.6) is 0 Å². The van der Waals surface area contributed by atoms with Gasteiger partial charge in [-0.05, 0) is 24.8 Å². The fraction of sp³-hybridized carbons (Fsp3) is 0.333. The summed E-state index contributed by atoms with van der Waals surface area (Å²) in [5.41, 5.74) is 12.3. The maximum Gasteiger partial charge on any atom is 0.217 e. The smallest absolute Gasteiger partial charge is 0.217 e. The van der Waals surface area contributed by atoms with E-state index < -0.39 is 0 Å². The molecule has 0 unspecified atom stereocenters. The zero-order valence-corrected chi connectivity index (χ0v) is 9.20. The van der Waals surface area contributed by atoms with Crippen molar-refractivity contribution in [2.75, 3.05) is 0 Å². The molecular weight excluding hydrogens is 202 g/mol. The third-order valence-electron chi connectivity index (χ3n) is 2.40. The minimum Gasteiger partial charge on any atom is -0.384 e. The molecular formula is C12H17N3O. The molecule has 0 aliphatic carbocycles. The van der Waals surface area contributed by atoms with Gasteiger partial charge >= 0.3 is 0 Å². The third-order valence-corrected chi connectivity index (χ3v) is 2.40. The van der Waals surface area contributed by atoms with Crippen molar-refractivity contribution in [1.29, 1.82) is 5.41 Å². The number of primary amides is 1. The maximum absolute atomic E-state index is 10.5. The Morgan fingerprint density at radius 1 is 1.12 bits per heavy atom. The van der Waals surface area contributed by atoms with Gasteiger partial charge in [-0.3, -0.25) is 10.2 Å². The van der Waals surface area contributed by atoms with E-state index in [0.29, 0.717) is 6.42 Å². The quantitative estimate of drug-likeness (QED) is 0.380. The Hall–Kier alpha value is -1.84. The molecule has 0 saturated carbocycles. The number of unbranched alkanes of at least 4 members (excludes halogenated alkanes) is 1. The number of carbonyl (C=O) groups is 1. The first kappa shape index (κ1) is 12.2. The molecule has 1 amide bonds. The lowest BCUT2D eigenvalue weighted by molar-refractivity contribution is -0.118. The van der Waals surface area contributed by atoms with Crippen LogP contribution in [-0.2, 0) is 11.2 Å². The lowest BCUT2D eigenvalue weighted by atomic mass is 10.0. The molecule has 4 nitrogen and oxygen atoms in total. The maximum atomic E-state index is 10.5. The van der Waals surface area contributed by atoms with E-state index >= 15 is 0 Å². The van der Waals surface area contributed by atoms with Crippen LogP contribution in [0.4, 0.5) is 0 Å². The Kier molecular flexibility index (Phi) is 4.51. The predicted octanol–water partition coefficient (Wildman–Crippen LogP) is 1.17. The summed E-state index contributed by atoms with van der Waals surface area (Å²) in [5, 5.41) is 7.25. The first-order valence-corrected chi connectivity index (χ1v) is 5.31. The van der Waals surface area contributed by atoms with Gasteiger partial charge in [0.25, 0.3) is 0 Å². The van der Waals surface area contributed by atoms with Crippen LogP contribution in [0.1, 0.15) is 30.4 Å². The highest BCUT2D eigenvalue weighted by atomic mass is 16.1. The van der Waals surface area contributed by atoms with E-state index in [2.05, 4.69) is 0 Å². The fourth-order valence-corrected chi connectivity index (χ4v) is 1.48. The van der Waals surface area contributed by atoms with E-state index in [9.17, 15) is 4.79 Å². The molecule has 0 atom stereocenters. The SMILES string of the molecule is N=C(N)c1ccc(CCCCC(N)=O)cc1. The Labute approximate surface area is 95.1 Å². The lowest BCUT2D eigenvalue weighted by Crippen LogP contribution is -2.10. The summed E-state index contributed by atoms with van der Waals surface area (Å²) in [6.45, 7) is 0. The fourth-order valence-electron chi connectivity index (χ4n) is 1.48. The normalized spacial score (nSPS) is 10.0. The molecule has 0 aliphatic heterocycles. The van der Waals surface area contributed by atoms with Crippen molar-refractivity contribution in [1.82, 2.24) is 0 Å². The summed E-state index contributed by atoms with van der Waals surface area (Å²) in [6, 6.07) is 7.60. The molecule has 0 bridgehead atoms. The molecule has 5 N–H and O–H groups in total. The van der Waals surface area contributed by atoms with Crippen molar-refractivity contribution >= 4 is 11.7 Å². The van der Waals surface area contributed by atoms with Gasteiger partial charge in [-0.25, -0.2) is 0 Å². The van der Waals surface area contributed by atoms with E-state index in [1.807, 2.05) is 24.3 Å². The molecule has 16 heavy (non-hydrogen) atoms. The number of hydrogen-bond donors (Lipinski definition) is 3. The highest BCUT2D eigenvalue weighted by molar-refractivity contribution is 5.94. The molecule has 0 heterocycles. The monoisotopic (exact) mass is 219 g/mol. The van der Waals surface area contributed by atoms with Crippen LogP contribution >= 0.6 is 0 Å². The number of nitrogens with two attached hydrogens (primary N) is 2. The van der Waals surface area contributed by atoms with E-state index in [0.717, 1.165) is 24.8 Å². The minimum absolute atomic E-state index is 0.0836. The first-order valence-electron chi connectivity index (χ1n) is 5.31. The summed E-state index contributed by atoms with van der Waals surface area (Å²) in [6.07, 6.45) is 3.14. The number of amides is 1. The molecule has 0 radical (unpaired) electrons. The average Bonchev–Trinajstić information content (AvgIpc) is 2.25. The van der Waals surface area contributed by atoms with E-state index in [1.54, 1.807) is 0 Å². The Morgan fingerprint density at radius 3 is 2.25 bits per heavy atom. The van der Waals surface area contributed by atoms with Crippen LogP contribution in [0.25, 0.3) is 0 Å². The number of carbonyl (C=O) groups excluding carboxylic acids is 1. The standard InChI is InChI=1S/C12H17N3O/c13-11(16)4-2-1-3-9-5-7-10(8-6-9)12(14)15/h5-8H,1-4H2,(H2,13,16)(H3,14,15). The Balaban J connectivity index is 2.38. The topological polar surface area (TPSA) is 93.0 Å². The largest absolute Gasteiger partial charge is 0.384 e. The minimum atomic E-state index is -0.244. The molecule has 0 aromatic heterocycles. The van der Waals surface area contributed by atoms with Crippen molar-refractivity contribution in [2.45, 2.75) is 25.7 Å². The third kappa shape index (κ3) is 4.13. The summed E-state index contributed by atoms with van der Waals surface area (Å²) in [5.74, 6) is -0.160. The van der Waals surface area contributed by atoms with Crippen molar-refractivity contribution < 1.29 is 4.79 Å². The van der Waals surface area contributed by atoms with Crippen LogP contribution < -0.4 is 11.5 Å². The number of amidine groups is 1. The number of aryl methyl sites for hydroxylation is 1. The molecule has 1 aromatic rings. The van der Waals surface area contributed by atoms with Crippen molar-refractivity contribution in [3.63, 3.8) is 0 Å². The summed E-state index contributed by atoms with van der Waals surface area (Å²) in [7, 11) is 0. The zero-order valence-electron chi connectivity index (χ0n) is 9.20. The second-order valence-corrected chi connectivity index (χ2v) is 3.78.